The molecule has 1 aromatic heterocycles. The molecule has 0 bridgehead atoms. The van der Waals surface area contributed by atoms with Gasteiger partial charge in [0.2, 0.25) is 0 Å². The van der Waals surface area contributed by atoms with Crippen LogP contribution in [0.1, 0.15) is 22.1 Å². The van der Waals surface area contributed by atoms with E-state index in [9.17, 15) is 9.50 Å². The average Bonchev–Trinajstić information content (AvgIpc) is 2.74. The second-order valence-corrected chi connectivity index (χ2v) is 4.40. The Labute approximate surface area is 91.8 Å². The van der Waals surface area contributed by atoms with Gasteiger partial charge in [-0.1, -0.05) is 12.1 Å². The fourth-order valence-corrected chi connectivity index (χ4v) is 2.23. The van der Waals surface area contributed by atoms with E-state index >= 15 is 0 Å². The van der Waals surface area contributed by atoms with Crippen LogP contribution in [0.5, 0.6) is 0 Å². The maximum absolute atomic E-state index is 13.0. The molecule has 3 heteroatoms. The van der Waals surface area contributed by atoms with Crippen LogP contribution >= 0.6 is 11.3 Å². The zero-order valence-corrected chi connectivity index (χ0v) is 9.09. The molecular formula is C12H11FOS. The van der Waals surface area contributed by atoms with Gasteiger partial charge in [-0.25, -0.2) is 4.39 Å². The quantitative estimate of drug-likeness (QED) is 0.826. The second-order valence-electron chi connectivity index (χ2n) is 3.42. The summed E-state index contributed by atoms with van der Waals surface area (Å²) in [5.74, 6) is -0.314. The Hall–Kier alpha value is -1.19. The van der Waals surface area contributed by atoms with Gasteiger partial charge in [0.1, 0.15) is 11.9 Å². The molecule has 0 radical (unpaired) electrons. The molecule has 0 aliphatic carbocycles. The smallest absolute Gasteiger partial charge is 0.123 e. The third kappa shape index (κ3) is 2.08. The molecule has 0 amide bonds. The first-order valence-corrected chi connectivity index (χ1v) is 5.54. The molecule has 1 aromatic carbocycles. The van der Waals surface area contributed by atoms with Gasteiger partial charge in [-0.2, -0.15) is 0 Å². The van der Waals surface area contributed by atoms with E-state index in [-0.39, 0.29) is 5.82 Å². The van der Waals surface area contributed by atoms with Crippen LogP contribution in [0.25, 0.3) is 0 Å². The zero-order valence-electron chi connectivity index (χ0n) is 8.27. The fraction of sp³-hybridized carbons (Fsp3) is 0.167. The van der Waals surface area contributed by atoms with E-state index in [1.165, 1.54) is 23.5 Å². The first-order chi connectivity index (χ1) is 7.18. The summed E-state index contributed by atoms with van der Waals surface area (Å²) < 4.78 is 13.0. The number of rotatable bonds is 2. The average molecular weight is 222 g/mol. The monoisotopic (exact) mass is 222 g/mol. The minimum absolute atomic E-state index is 0.314. The summed E-state index contributed by atoms with van der Waals surface area (Å²) in [5, 5.41) is 11.9. The van der Waals surface area contributed by atoms with E-state index in [0.717, 1.165) is 10.4 Å². The van der Waals surface area contributed by atoms with Crippen LogP contribution in [0.3, 0.4) is 0 Å². The van der Waals surface area contributed by atoms with Gasteiger partial charge in [0.15, 0.2) is 0 Å². The maximum atomic E-state index is 13.0. The lowest BCUT2D eigenvalue weighted by Crippen LogP contribution is -2.00. The molecule has 0 spiro atoms. The highest BCUT2D eigenvalue weighted by molar-refractivity contribution is 7.10. The summed E-state index contributed by atoms with van der Waals surface area (Å²) in [4.78, 5) is 0.837. The summed E-state index contributed by atoms with van der Waals surface area (Å²) in [6.07, 6.45) is -0.722. The lowest BCUT2D eigenvalue weighted by molar-refractivity contribution is 0.223. The molecule has 0 saturated carbocycles. The van der Waals surface area contributed by atoms with Gasteiger partial charge < -0.3 is 5.11 Å². The number of benzene rings is 1. The van der Waals surface area contributed by atoms with E-state index in [1.54, 1.807) is 6.07 Å². The number of aryl methyl sites for hydroxylation is 1. The summed E-state index contributed by atoms with van der Waals surface area (Å²) in [6.45, 7) is 1.87. The van der Waals surface area contributed by atoms with Crippen LogP contribution in [-0.2, 0) is 0 Å². The van der Waals surface area contributed by atoms with E-state index < -0.39 is 6.10 Å². The van der Waals surface area contributed by atoms with Crippen LogP contribution < -0.4 is 0 Å². The van der Waals surface area contributed by atoms with E-state index in [4.69, 9.17) is 0 Å². The highest BCUT2D eigenvalue weighted by Crippen LogP contribution is 2.28. The molecule has 1 atom stereocenters. The first kappa shape index (κ1) is 10.3. The van der Waals surface area contributed by atoms with Crippen LogP contribution in [0.15, 0.2) is 35.7 Å². The number of hydrogen-bond donors (Lipinski definition) is 1. The lowest BCUT2D eigenvalue weighted by Gasteiger charge is -2.11. The molecule has 15 heavy (non-hydrogen) atoms. The van der Waals surface area contributed by atoms with Gasteiger partial charge in [0, 0.05) is 4.88 Å². The molecule has 78 valence electrons. The molecule has 0 unspecified atom stereocenters. The summed E-state index contributed by atoms with van der Waals surface area (Å²) in [6, 6.07) is 8.19. The Balaban J connectivity index is 2.41. The number of aliphatic hydroxyl groups is 1. The predicted molar refractivity (Wildman–Crippen MR) is 59.5 cm³/mol. The highest BCUT2D eigenvalue weighted by Gasteiger charge is 2.14. The van der Waals surface area contributed by atoms with Gasteiger partial charge >= 0.3 is 0 Å². The van der Waals surface area contributed by atoms with Crippen molar-refractivity contribution in [3.8, 4) is 0 Å². The molecule has 2 rings (SSSR count). The standard InChI is InChI=1S/C12H11FOS/c1-8-4-5-9(13)7-10(8)12(14)11-3-2-6-15-11/h2-7,12,14H,1H3/t12-/m0/s1. The minimum Gasteiger partial charge on any atom is -0.383 e. The second kappa shape index (κ2) is 4.13. The minimum atomic E-state index is -0.722. The van der Waals surface area contributed by atoms with Crippen LogP contribution in [-0.4, -0.2) is 5.11 Å². The zero-order chi connectivity index (χ0) is 10.8. The predicted octanol–water partition coefficient (Wildman–Crippen LogP) is 3.28. The summed E-state index contributed by atoms with van der Waals surface area (Å²) >= 11 is 1.47. The maximum Gasteiger partial charge on any atom is 0.123 e. The number of aliphatic hydroxyl groups excluding tert-OH is 1. The Bertz CT molecular complexity index is 451. The molecule has 1 nitrogen and oxygen atoms in total. The van der Waals surface area contributed by atoms with Crippen molar-refractivity contribution in [3.63, 3.8) is 0 Å². The van der Waals surface area contributed by atoms with Gasteiger partial charge in [-0.3, -0.25) is 0 Å². The molecule has 1 N–H and O–H groups in total. The van der Waals surface area contributed by atoms with Crippen molar-refractivity contribution in [2.45, 2.75) is 13.0 Å². The van der Waals surface area contributed by atoms with E-state index in [1.807, 2.05) is 24.4 Å². The van der Waals surface area contributed by atoms with Crippen LogP contribution in [0.2, 0.25) is 0 Å². The number of hydrogen-bond acceptors (Lipinski definition) is 2. The van der Waals surface area contributed by atoms with Crippen molar-refractivity contribution in [2.75, 3.05) is 0 Å². The van der Waals surface area contributed by atoms with Crippen molar-refractivity contribution in [1.82, 2.24) is 0 Å². The van der Waals surface area contributed by atoms with Gasteiger partial charge in [0.05, 0.1) is 0 Å². The molecule has 0 aliphatic heterocycles. The van der Waals surface area contributed by atoms with Crippen molar-refractivity contribution >= 4 is 11.3 Å². The Morgan fingerprint density at radius 2 is 2.13 bits per heavy atom. The molecular weight excluding hydrogens is 211 g/mol. The number of halogens is 1. The van der Waals surface area contributed by atoms with Crippen molar-refractivity contribution in [1.29, 1.82) is 0 Å². The third-order valence-electron chi connectivity index (χ3n) is 2.35. The summed E-state index contributed by atoms with van der Waals surface area (Å²) in [7, 11) is 0. The molecule has 2 aromatic rings. The molecule has 0 fully saturated rings. The van der Waals surface area contributed by atoms with Gasteiger partial charge in [-0.05, 0) is 41.6 Å². The molecule has 1 heterocycles. The SMILES string of the molecule is Cc1ccc(F)cc1[C@H](O)c1cccs1. The van der Waals surface area contributed by atoms with Crippen molar-refractivity contribution < 1.29 is 9.50 Å². The molecule has 0 saturated heterocycles. The van der Waals surface area contributed by atoms with Crippen molar-refractivity contribution in [3.05, 3.63) is 57.5 Å². The van der Waals surface area contributed by atoms with Crippen LogP contribution in [0.4, 0.5) is 4.39 Å². The topological polar surface area (TPSA) is 20.2 Å². The Morgan fingerprint density at radius 1 is 1.33 bits per heavy atom. The van der Waals surface area contributed by atoms with Gasteiger partial charge in [-0.15, -0.1) is 11.3 Å². The lowest BCUT2D eigenvalue weighted by atomic mass is 10.0. The van der Waals surface area contributed by atoms with E-state index in [2.05, 4.69) is 0 Å². The van der Waals surface area contributed by atoms with E-state index in [0.29, 0.717) is 5.56 Å². The molecule has 0 aliphatic rings. The number of thiophene rings is 1. The van der Waals surface area contributed by atoms with Crippen molar-refractivity contribution in [2.24, 2.45) is 0 Å². The largest absolute Gasteiger partial charge is 0.383 e. The third-order valence-corrected chi connectivity index (χ3v) is 3.27. The first-order valence-electron chi connectivity index (χ1n) is 4.66. The summed E-state index contributed by atoms with van der Waals surface area (Å²) in [5.41, 5.74) is 1.54. The normalized spacial score (nSPS) is 12.7. The fourth-order valence-electron chi connectivity index (χ4n) is 1.51. The van der Waals surface area contributed by atoms with Gasteiger partial charge in [0.25, 0.3) is 0 Å². The Kier molecular flexibility index (Phi) is 2.84. The van der Waals surface area contributed by atoms with Crippen LogP contribution in [0, 0.1) is 12.7 Å². The Morgan fingerprint density at radius 3 is 2.80 bits per heavy atom. The highest BCUT2D eigenvalue weighted by atomic mass is 32.1.